The van der Waals surface area contributed by atoms with Crippen LogP contribution in [0.4, 0.5) is 0 Å². The number of aliphatic hydroxyl groups excluding tert-OH is 1. The molecule has 0 saturated heterocycles. The molecule has 3 N–H and O–H groups in total. The van der Waals surface area contributed by atoms with E-state index >= 15 is 0 Å². The number of hydrogen-bond donors (Lipinski definition) is 2. The lowest BCUT2D eigenvalue weighted by Gasteiger charge is -2.31. The fourth-order valence-electron chi connectivity index (χ4n) is 2.15. The molecule has 0 aromatic rings. The van der Waals surface area contributed by atoms with Crippen LogP contribution in [0.1, 0.15) is 52.9 Å². The summed E-state index contributed by atoms with van der Waals surface area (Å²) in [6, 6.07) is 0. The lowest BCUT2D eigenvalue weighted by molar-refractivity contribution is -0.142. The zero-order valence-corrected chi connectivity index (χ0v) is 11.9. The maximum Gasteiger partial charge on any atom is 0.333 e. The number of esters is 1. The SMILES string of the molecule is C=C(C)C(=O)OCC(O)CC(N)(CCC)CCC. The summed E-state index contributed by atoms with van der Waals surface area (Å²) < 4.78 is 4.92. The highest BCUT2D eigenvalue weighted by Crippen LogP contribution is 2.22. The number of carbonyl (C=O) groups excluding carboxylic acids is 1. The molecular weight excluding hydrogens is 230 g/mol. The highest BCUT2D eigenvalue weighted by molar-refractivity contribution is 5.86. The van der Waals surface area contributed by atoms with Crippen molar-refractivity contribution in [1.82, 2.24) is 0 Å². The molecule has 18 heavy (non-hydrogen) atoms. The van der Waals surface area contributed by atoms with E-state index in [1.54, 1.807) is 6.92 Å². The highest BCUT2D eigenvalue weighted by Gasteiger charge is 2.26. The molecule has 1 unspecified atom stereocenters. The predicted octanol–water partition coefficient (Wildman–Crippen LogP) is 2.15. The second-order valence-electron chi connectivity index (χ2n) is 5.10. The summed E-state index contributed by atoms with van der Waals surface area (Å²) in [5, 5.41) is 9.88. The van der Waals surface area contributed by atoms with Crippen molar-refractivity contribution in [3.63, 3.8) is 0 Å². The highest BCUT2D eigenvalue weighted by atomic mass is 16.5. The van der Waals surface area contributed by atoms with E-state index in [9.17, 15) is 9.90 Å². The van der Waals surface area contributed by atoms with Gasteiger partial charge >= 0.3 is 5.97 Å². The Hall–Kier alpha value is -0.870. The third-order valence-electron chi connectivity index (χ3n) is 2.89. The van der Waals surface area contributed by atoms with Crippen LogP contribution in [-0.2, 0) is 9.53 Å². The minimum absolute atomic E-state index is 0.0158. The Morgan fingerprint density at radius 2 is 1.89 bits per heavy atom. The molecule has 106 valence electrons. The molecule has 1 atom stereocenters. The molecule has 4 nitrogen and oxygen atoms in total. The Morgan fingerprint density at radius 1 is 1.39 bits per heavy atom. The third-order valence-corrected chi connectivity index (χ3v) is 2.89. The van der Waals surface area contributed by atoms with Gasteiger partial charge in [-0.1, -0.05) is 33.3 Å². The summed E-state index contributed by atoms with van der Waals surface area (Å²) in [6.45, 7) is 9.20. The van der Waals surface area contributed by atoms with Gasteiger partial charge in [-0.15, -0.1) is 0 Å². The van der Waals surface area contributed by atoms with Crippen molar-refractivity contribution in [2.24, 2.45) is 5.73 Å². The lowest BCUT2D eigenvalue weighted by atomic mass is 9.84. The summed E-state index contributed by atoms with van der Waals surface area (Å²) >= 11 is 0. The molecule has 0 amide bonds. The van der Waals surface area contributed by atoms with E-state index < -0.39 is 12.1 Å². The Morgan fingerprint density at radius 3 is 2.28 bits per heavy atom. The Bertz CT molecular complexity index is 270. The van der Waals surface area contributed by atoms with Crippen LogP contribution in [0.25, 0.3) is 0 Å². The summed E-state index contributed by atoms with van der Waals surface area (Å²) in [5.74, 6) is -0.470. The van der Waals surface area contributed by atoms with Crippen molar-refractivity contribution in [2.75, 3.05) is 6.61 Å². The summed E-state index contributed by atoms with van der Waals surface area (Å²) in [4.78, 5) is 11.2. The second-order valence-corrected chi connectivity index (χ2v) is 5.10. The summed E-state index contributed by atoms with van der Waals surface area (Å²) in [5.41, 5.74) is 6.24. The van der Waals surface area contributed by atoms with Crippen LogP contribution in [0.15, 0.2) is 12.2 Å². The number of aliphatic hydroxyl groups is 1. The van der Waals surface area contributed by atoms with Gasteiger partial charge in [0, 0.05) is 11.1 Å². The molecule has 0 aliphatic rings. The van der Waals surface area contributed by atoms with E-state index in [4.69, 9.17) is 10.5 Å². The van der Waals surface area contributed by atoms with Crippen molar-refractivity contribution < 1.29 is 14.6 Å². The molecule has 0 aliphatic carbocycles. The maximum absolute atomic E-state index is 11.2. The fourth-order valence-corrected chi connectivity index (χ4v) is 2.15. The van der Waals surface area contributed by atoms with Gasteiger partial charge in [0.2, 0.25) is 0 Å². The normalized spacial score (nSPS) is 13.2. The van der Waals surface area contributed by atoms with E-state index in [-0.39, 0.29) is 12.1 Å². The van der Waals surface area contributed by atoms with Gasteiger partial charge in [-0.05, 0) is 26.2 Å². The minimum atomic E-state index is -0.712. The lowest BCUT2D eigenvalue weighted by Crippen LogP contribution is -2.43. The van der Waals surface area contributed by atoms with E-state index in [1.165, 1.54) is 0 Å². The first-order valence-electron chi connectivity index (χ1n) is 6.64. The standard InChI is InChI=1S/C14H27NO3/c1-5-7-14(15,8-6-2)9-12(16)10-18-13(17)11(3)4/h12,16H,3,5-10,15H2,1-2,4H3. The first-order chi connectivity index (χ1) is 8.34. The topological polar surface area (TPSA) is 72.5 Å². The number of hydrogen-bond acceptors (Lipinski definition) is 4. The largest absolute Gasteiger partial charge is 0.460 e. The molecule has 0 heterocycles. The Kier molecular flexibility index (Phi) is 7.87. The Labute approximate surface area is 110 Å². The molecule has 0 radical (unpaired) electrons. The molecule has 0 fully saturated rings. The van der Waals surface area contributed by atoms with Gasteiger partial charge in [0.05, 0.1) is 6.10 Å². The Balaban J connectivity index is 4.21. The smallest absolute Gasteiger partial charge is 0.333 e. The quantitative estimate of drug-likeness (QED) is 0.490. The van der Waals surface area contributed by atoms with Crippen LogP contribution in [0, 0.1) is 0 Å². The van der Waals surface area contributed by atoms with E-state index in [1.807, 2.05) is 0 Å². The maximum atomic E-state index is 11.2. The van der Waals surface area contributed by atoms with Crippen LogP contribution in [-0.4, -0.2) is 29.3 Å². The molecule has 0 aromatic heterocycles. The van der Waals surface area contributed by atoms with Crippen LogP contribution in [0.5, 0.6) is 0 Å². The van der Waals surface area contributed by atoms with Gasteiger partial charge in [-0.2, -0.15) is 0 Å². The first kappa shape index (κ1) is 17.1. The molecule has 0 bridgehead atoms. The number of carbonyl (C=O) groups is 1. The van der Waals surface area contributed by atoms with Crippen molar-refractivity contribution in [3.05, 3.63) is 12.2 Å². The van der Waals surface area contributed by atoms with Gasteiger partial charge in [0.25, 0.3) is 0 Å². The van der Waals surface area contributed by atoms with Gasteiger partial charge in [0.15, 0.2) is 0 Å². The number of rotatable bonds is 9. The van der Waals surface area contributed by atoms with E-state index in [0.717, 1.165) is 25.7 Å². The molecular formula is C14H27NO3. The van der Waals surface area contributed by atoms with Crippen LogP contribution < -0.4 is 5.73 Å². The van der Waals surface area contributed by atoms with Gasteiger partial charge < -0.3 is 15.6 Å². The average Bonchev–Trinajstić information content (AvgIpc) is 2.25. The van der Waals surface area contributed by atoms with Gasteiger partial charge in [0.1, 0.15) is 6.61 Å². The zero-order valence-electron chi connectivity index (χ0n) is 11.9. The average molecular weight is 257 g/mol. The number of ether oxygens (including phenoxy) is 1. The van der Waals surface area contributed by atoms with E-state index in [0.29, 0.717) is 12.0 Å². The summed E-state index contributed by atoms with van der Waals surface area (Å²) in [7, 11) is 0. The van der Waals surface area contributed by atoms with Crippen molar-refractivity contribution >= 4 is 5.97 Å². The summed E-state index contributed by atoms with van der Waals surface area (Å²) in [6.07, 6.45) is 3.44. The second kappa shape index (κ2) is 8.27. The molecule has 4 heteroatoms. The third kappa shape index (κ3) is 6.77. The van der Waals surface area contributed by atoms with Crippen molar-refractivity contribution in [1.29, 1.82) is 0 Å². The number of nitrogens with two attached hydrogens (primary N) is 1. The zero-order chi connectivity index (χ0) is 14.2. The van der Waals surface area contributed by atoms with Crippen LogP contribution >= 0.6 is 0 Å². The molecule has 0 spiro atoms. The molecule has 0 aliphatic heterocycles. The molecule has 0 rings (SSSR count). The van der Waals surface area contributed by atoms with Crippen LogP contribution in [0.2, 0.25) is 0 Å². The van der Waals surface area contributed by atoms with Crippen LogP contribution in [0.3, 0.4) is 0 Å². The minimum Gasteiger partial charge on any atom is -0.460 e. The fraction of sp³-hybridized carbons (Fsp3) is 0.786. The molecule has 0 aromatic carbocycles. The monoisotopic (exact) mass is 257 g/mol. The van der Waals surface area contributed by atoms with Crippen molar-refractivity contribution in [2.45, 2.75) is 64.5 Å². The van der Waals surface area contributed by atoms with Crippen molar-refractivity contribution in [3.8, 4) is 0 Å². The van der Waals surface area contributed by atoms with Gasteiger partial charge in [-0.3, -0.25) is 0 Å². The predicted molar refractivity (Wildman–Crippen MR) is 73.1 cm³/mol. The molecule has 0 saturated carbocycles. The van der Waals surface area contributed by atoms with Gasteiger partial charge in [-0.25, -0.2) is 4.79 Å². The van der Waals surface area contributed by atoms with E-state index in [2.05, 4.69) is 20.4 Å². The first-order valence-corrected chi connectivity index (χ1v) is 6.64.